The maximum absolute atomic E-state index is 12.1. The minimum absolute atomic E-state index is 0.0761. The minimum Gasteiger partial charge on any atom is -0.372 e. The van der Waals surface area contributed by atoms with Gasteiger partial charge in [0.15, 0.2) is 0 Å². The zero-order valence-electron chi connectivity index (χ0n) is 14.0. The average molecular weight is 310 g/mol. The summed E-state index contributed by atoms with van der Waals surface area (Å²) >= 11 is 0. The van der Waals surface area contributed by atoms with Gasteiger partial charge in [0.25, 0.3) is 5.91 Å². The van der Waals surface area contributed by atoms with E-state index in [9.17, 15) is 9.59 Å². The predicted octanol–water partition coefficient (Wildman–Crippen LogP) is 1.96. The van der Waals surface area contributed by atoms with Gasteiger partial charge in [-0.2, -0.15) is 0 Å². The second-order valence-electron chi connectivity index (χ2n) is 6.73. The zero-order chi connectivity index (χ0) is 15.9. The average Bonchev–Trinajstić information content (AvgIpc) is 2.59. The summed E-state index contributed by atoms with van der Waals surface area (Å²) in [6, 6.07) is 0. The van der Waals surface area contributed by atoms with Gasteiger partial charge in [0.05, 0.1) is 0 Å². The molecule has 2 aliphatic rings. The van der Waals surface area contributed by atoms with Crippen LogP contribution in [-0.4, -0.2) is 49.6 Å². The molecule has 22 heavy (non-hydrogen) atoms. The fourth-order valence-electron chi connectivity index (χ4n) is 3.47. The molecule has 1 saturated heterocycles. The molecule has 1 N–H and O–H groups in total. The van der Waals surface area contributed by atoms with Crippen molar-refractivity contribution in [2.75, 3.05) is 26.7 Å². The Balaban J connectivity index is 1.67. The summed E-state index contributed by atoms with van der Waals surface area (Å²) in [6.45, 7) is 4.10. The number of hydrogen-bond donors (Lipinski definition) is 1. The van der Waals surface area contributed by atoms with Crippen LogP contribution in [0.2, 0.25) is 0 Å². The third-order valence-electron chi connectivity index (χ3n) is 5.17. The van der Waals surface area contributed by atoms with Crippen LogP contribution in [-0.2, 0) is 14.3 Å². The van der Waals surface area contributed by atoms with E-state index in [-0.39, 0.29) is 23.8 Å². The van der Waals surface area contributed by atoms with Gasteiger partial charge in [-0.15, -0.1) is 0 Å². The lowest BCUT2D eigenvalue weighted by molar-refractivity contribution is -0.142. The first-order valence-corrected chi connectivity index (χ1v) is 8.71. The molecule has 1 aliphatic heterocycles. The Kier molecular flexibility index (Phi) is 6.68. The Morgan fingerprint density at radius 2 is 1.77 bits per heavy atom. The van der Waals surface area contributed by atoms with Crippen LogP contribution in [0.3, 0.4) is 0 Å². The highest BCUT2D eigenvalue weighted by Crippen LogP contribution is 2.24. The standard InChI is InChI=1S/C17H30N2O3/c1-13(22-2)17(21)19-10-8-14(9-11-19)12-18-16(20)15-6-4-3-5-7-15/h13-15H,3-12H2,1-2H3,(H,18,20). The highest BCUT2D eigenvalue weighted by atomic mass is 16.5. The van der Waals surface area contributed by atoms with Crippen LogP contribution < -0.4 is 5.32 Å². The smallest absolute Gasteiger partial charge is 0.251 e. The van der Waals surface area contributed by atoms with Gasteiger partial charge in [-0.1, -0.05) is 19.3 Å². The van der Waals surface area contributed by atoms with E-state index in [1.165, 1.54) is 19.3 Å². The lowest BCUT2D eigenvalue weighted by atomic mass is 9.88. The van der Waals surface area contributed by atoms with E-state index >= 15 is 0 Å². The van der Waals surface area contributed by atoms with E-state index in [0.717, 1.165) is 45.3 Å². The van der Waals surface area contributed by atoms with E-state index in [1.807, 2.05) is 4.90 Å². The summed E-state index contributed by atoms with van der Waals surface area (Å²) in [4.78, 5) is 26.1. The summed E-state index contributed by atoms with van der Waals surface area (Å²) in [7, 11) is 1.57. The van der Waals surface area contributed by atoms with Gasteiger partial charge in [-0.3, -0.25) is 9.59 Å². The Morgan fingerprint density at radius 1 is 1.14 bits per heavy atom. The largest absolute Gasteiger partial charge is 0.372 e. The van der Waals surface area contributed by atoms with Crippen molar-refractivity contribution in [1.82, 2.24) is 10.2 Å². The summed E-state index contributed by atoms with van der Waals surface area (Å²) in [5, 5.41) is 3.13. The first-order chi connectivity index (χ1) is 10.6. The Bertz CT molecular complexity index is 372. The number of nitrogens with one attached hydrogen (secondary N) is 1. The van der Waals surface area contributed by atoms with Gasteiger partial charge in [0.1, 0.15) is 6.10 Å². The molecule has 1 saturated carbocycles. The lowest BCUT2D eigenvalue weighted by Gasteiger charge is -2.33. The fourth-order valence-corrected chi connectivity index (χ4v) is 3.47. The third kappa shape index (κ3) is 4.70. The van der Waals surface area contributed by atoms with Crippen LogP contribution in [0.5, 0.6) is 0 Å². The number of nitrogens with zero attached hydrogens (tertiary/aromatic N) is 1. The van der Waals surface area contributed by atoms with E-state index in [4.69, 9.17) is 4.74 Å². The Hall–Kier alpha value is -1.10. The van der Waals surface area contributed by atoms with Gasteiger partial charge < -0.3 is 15.0 Å². The Morgan fingerprint density at radius 3 is 2.36 bits per heavy atom. The number of rotatable bonds is 5. The summed E-state index contributed by atoms with van der Waals surface area (Å²) < 4.78 is 5.09. The van der Waals surface area contributed by atoms with E-state index in [2.05, 4.69) is 5.32 Å². The number of ether oxygens (including phenoxy) is 1. The SMILES string of the molecule is COC(C)C(=O)N1CCC(CNC(=O)C2CCCCC2)CC1. The van der Waals surface area contributed by atoms with Crippen LogP contribution in [0.1, 0.15) is 51.9 Å². The second-order valence-corrected chi connectivity index (χ2v) is 6.73. The maximum Gasteiger partial charge on any atom is 0.251 e. The highest BCUT2D eigenvalue weighted by molar-refractivity contribution is 5.80. The first kappa shape index (κ1) is 17.3. The number of likely N-dealkylation sites (tertiary alicyclic amines) is 1. The number of methoxy groups -OCH3 is 1. The van der Waals surface area contributed by atoms with Gasteiger partial charge in [0.2, 0.25) is 5.91 Å². The molecule has 0 radical (unpaired) electrons. The number of amides is 2. The Labute approximate surface area is 133 Å². The number of carbonyl (C=O) groups is 2. The number of hydrogen-bond acceptors (Lipinski definition) is 3. The summed E-state index contributed by atoms with van der Waals surface area (Å²) in [6.07, 6.45) is 7.33. The molecule has 126 valence electrons. The van der Waals surface area contributed by atoms with Crippen LogP contribution in [0.25, 0.3) is 0 Å². The van der Waals surface area contributed by atoms with Crippen molar-refractivity contribution in [2.45, 2.75) is 58.0 Å². The van der Waals surface area contributed by atoms with Crippen molar-refractivity contribution < 1.29 is 14.3 Å². The van der Waals surface area contributed by atoms with Crippen LogP contribution in [0.4, 0.5) is 0 Å². The lowest BCUT2D eigenvalue weighted by Crippen LogP contribution is -2.45. The molecule has 2 rings (SSSR count). The molecule has 5 heteroatoms. The van der Waals surface area contributed by atoms with Gasteiger partial charge in [-0.05, 0) is 38.5 Å². The number of piperidine rings is 1. The van der Waals surface area contributed by atoms with Crippen molar-refractivity contribution in [3.63, 3.8) is 0 Å². The monoisotopic (exact) mass is 310 g/mol. The van der Waals surface area contributed by atoms with Crippen LogP contribution in [0.15, 0.2) is 0 Å². The van der Waals surface area contributed by atoms with Crippen molar-refractivity contribution in [3.05, 3.63) is 0 Å². The van der Waals surface area contributed by atoms with E-state index in [0.29, 0.717) is 5.92 Å². The maximum atomic E-state index is 12.1. The summed E-state index contributed by atoms with van der Waals surface area (Å²) in [5.41, 5.74) is 0. The van der Waals surface area contributed by atoms with Crippen molar-refractivity contribution in [3.8, 4) is 0 Å². The van der Waals surface area contributed by atoms with Crippen molar-refractivity contribution in [1.29, 1.82) is 0 Å². The zero-order valence-corrected chi connectivity index (χ0v) is 14.0. The van der Waals surface area contributed by atoms with Crippen LogP contribution >= 0.6 is 0 Å². The molecule has 2 amide bonds. The molecule has 0 spiro atoms. The fraction of sp³-hybridized carbons (Fsp3) is 0.882. The van der Waals surface area contributed by atoms with E-state index < -0.39 is 0 Å². The molecule has 1 atom stereocenters. The topological polar surface area (TPSA) is 58.6 Å². The van der Waals surface area contributed by atoms with Crippen LogP contribution in [0, 0.1) is 11.8 Å². The summed E-state index contributed by atoms with van der Waals surface area (Å²) in [5.74, 6) is 1.05. The molecular weight excluding hydrogens is 280 g/mol. The molecule has 0 aromatic rings. The van der Waals surface area contributed by atoms with Gasteiger partial charge >= 0.3 is 0 Å². The van der Waals surface area contributed by atoms with Crippen molar-refractivity contribution in [2.24, 2.45) is 11.8 Å². The molecule has 1 aliphatic carbocycles. The van der Waals surface area contributed by atoms with Gasteiger partial charge in [-0.25, -0.2) is 0 Å². The third-order valence-corrected chi connectivity index (χ3v) is 5.17. The molecule has 0 bridgehead atoms. The molecule has 0 aromatic heterocycles. The molecule has 5 nitrogen and oxygen atoms in total. The van der Waals surface area contributed by atoms with E-state index in [1.54, 1.807) is 14.0 Å². The molecular formula is C17H30N2O3. The molecule has 0 aromatic carbocycles. The quantitative estimate of drug-likeness (QED) is 0.844. The molecule has 2 fully saturated rings. The molecule has 1 heterocycles. The minimum atomic E-state index is -0.359. The normalized spacial score (nSPS) is 22.4. The predicted molar refractivity (Wildman–Crippen MR) is 85.4 cm³/mol. The van der Waals surface area contributed by atoms with Gasteiger partial charge in [0, 0.05) is 32.7 Å². The second kappa shape index (κ2) is 8.51. The highest BCUT2D eigenvalue weighted by Gasteiger charge is 2.27. The molecule has 1 unspecified atom stereocenters. The number of carbonyl (C=O) groups excluding carboxylic acids is 2. The first-order valence-electron chi connectivity index (χ1n) is 8.71. The van der Waals surface area contributed by atoms with Crippen molar-refractivity contribution >= 4 is 11.8 Å².